The Bertz CT molecular complexity index is 437. The van der Waals surface area contributed by atoms with E-state index in [9.17, 15) is 18.0 Å². The first-order chi connectivity index (χ1) is 9.23. The van der Waals surface area contributed by atoms with Crippen molar-refractivity contribution >= 4 is 5.78 Å². The SMILES string of the molecule is CCN(CC(=O)c1ccc(C(C)C)cc1)CC(F)(F)F. The van der Waals surface area contributed by atoms with Crippen molar-refractivity contribution in [2.45, 2.75) is 32.9 Å². The Morgan fingerprint density at radius 3 is 2.15 bits per heavy atom. The van der Waals surface area contributed by atoms with E-state index in [4.69, 9.17) is 0 Å². The number of benzene rings is 1. The van der Waals surface area contributed by atoms with Gasteiger partial charge in [-0.15, -0.1) is 0 Å². The van der Waals surface area contributed by atoms with E-state index >= 15 is 0 Å². The van der Waals surface area contributed by atoms with Crippen molar-refractivity contribution in [1.82, 2.24) is 4.90 Å². The normalized spacial score (nSPS) is 12.2. The third-order valence-corrected chi connectivity index (χ3v) is 3.12. The molecule has 1 aromatic rings. The molecule has 0 aliphatic carbocycles. The predicted octanol–water partition coefficient (Wildman–Crippen LogP) is 3.88. The Morgan fingerprint density at radius 2 is 1.75 bits per heavy atom. The molecule has 0 unspecified atom stereocenters. The van der Waals surface area contributed by atoms with Crippen molar-refractivity contribution in [3.63, 3.8) is 0 Å². The van der Waals surface area contributed by atoms with Crippen LogP contribution in [0.4, 0.5) is 13.2 Å². The lowest BCUT2D eigenvalue weighted by Gasteiger charge is -2.21. The highest BCUT2D eigenvalue weighted by molar-refractivity contribution is 5.97. The average Bonchev–Trinajstić information content (AvgIpc) is 2.36. The molecule has 0 radical (unpaired) electrons. The van der Waals surface area contributed by atoms with Crippen LogP contribution in [0.1, 0.15) is 42.6 Å². The lowest BCUT2D eigenvalue weighted by molar-refractivity contribution is -0.144. The van der Waals surface area contributed by atoms with Crippen molar-refractivity contribution in [1.29, 1.82) is 0 Å². The summed E-state index contributed by atoms with van der Waals surface area (Å²) < 4.78 is 37.0. The van der Waals surface area contributed by atoms with E-state index in [-0.39, 0.29) is 18.9 Å². The first-order valence-electron chi connectivity index (χ1n) is 6.65. The van der Waals surface area contributed by atoms with Gasteiger partial charge in [0.1, 0.15) is 0 Å². The molecule has 112 valence electrons. The second-order valence-corrected chi connectivity index (χ2v) is 5.12. The molecule has 0 aromatic heterocycles. The van der Waals surface area contributed by atoms with Gasteiger partial charge in [-0.2, -0.15) is 13.2 Å². The Labute approximate surface area is 117 Å². The largest absolute Gasteiger partial charge is 0.401 e. The van der Waals surface area contributed by atoms with E-state index in [2.05, 4.69) is 0 Å². The molecule has 20 heavy (non-hydrogen) atoms. The van der Waals surface area contributed by atoms with Crippen molar-refractivity contribution < 1.29 is 18.0 Å². The first-order valence-corrected chi connectivity index (χ1v) is 6.65. The minimum atomic E-state index is -4.28. The predicted molar refractivity (Wildman–Crippen MR) is 73.0 cm³/mol. The van der Waals surface area contributed by atoms with Gasteiger partial charge in [-0.3, -0.25) is 9.69 Å². The van der Waals surface area contributed by atoms with Gasteiger partial charge in [-0.05, 0) is 18.0 Å². The van der Waals surface area contributed by atoms with Gasteiger partial charge in [-0.1, -0.05) is 45.0 Å². The molecule has 0 N–H and O–H groups in total. The molecule has 1 rings (SSSR count). The molecule has 1 aromatic carbocycles. The number of carbonyl (C=O) groups is 1. The molecular formula is C15H20F3NO. The van der Waals surface area contributed by atoms with Gasteiger partial charge in [0.15, 0.2) is 5.78 Å². The second kappa shape index (κ2) is 6.88. The summed E-state index contributed by atoms with van der Waals surface area (Å²) >= 11 is 0. The van der Waals surface area contributed by atoms with Crippen LogP contribution in [-0.4, -0.2) is 36.5 Å². The van der Waals surface area contributed by atoms with Gasteiger partial charge >= 0.3 is 6.18 Å². The molecule has 0 atom stereocenters. The number of nitrogens with zero attached hydrogens (tertiary/aromatic N) is 1. The van der Waals surface area contributed by atoms with Crippen LogP contribution in [0.5, 0.6) is 0 Å². The van der Waals surface area contributed by atoms with E-state index in [0.717, 1.165) is 10.5 Å². The fourth-order valence-electron chi connectivity index (χ4n) is 1.88. The molecule has 2 nitrogen and oxygen atoms in total. The number of halogens is 3. The van der Waals surface area contributed by atoms with Crippen molar-refractivity contribution in [3.8, 4) is 0 Å². The van der Waals surface area contributed by atoms with Gasteiger partial charge in [0, 0.05) is 5.56 Å². The summed E-state index contributed by atoms with van der Waals surface area (Å²) in [6.07, 6.45) is -4.28. The second-order valence-electron chi connectivity index (χ2n) is 5.12. The summed E-state index contributed by atoms with van der Waals surface area (Å²) in [7, 11) is 0. The van der Waals surface area contributed by atoms with Crippen LogP contribution in [0.15, 0.2) is 24.3 Å². The van der Waals surface area contributed by atoms with Gasteiger partial charge in [0.2, 0.25) is 0 Å². The van der Waals surface area contributed by atoms with E-state index in [1.54, 1.807) is 19.1 Å². The molecule has 0 spiro atoms. The van der Waals surface area contributed by atoms with Crippen LogP contribution >= 0.6 is 0 Å². The number of likely N-dealkylation sites (N-methyl/N-ethyl adjacent to an activating group) is 1. The van der Waals surface area contributed by atoms with Gasteiger partial charge < -0.3 is 0 Å². The Hall–Kier alpha value is -1.36. The third kappa shape index (κ3) is 5.33. The molecule has 0 amide bonds. The Balaban J connectivity index is 2.69. The topological polar surface area (TPSA) is 20.3 Å². The lowest BCUT2D eigenvalue weighted by atomic mass is 10.0. The van der Waals surface area contributed by atoms with E-state index in [0.29, 0.717) is 11.5 Å². The molecule has 0 saturated carbocycles. The maximum absolute atomic E-state index is 12.3. The van der Waals surface area contributed by atoms with Gasteiger partial charge in [0.05, 0.1) is 13.1 Å². The van der Waals surface area contributed by atoms with Gasteiger partial charge in [0.25, 0.3) is 0 Å². The molecule has 0 bridgehead atoms. The summed E-state index contributed by atoms with van der Waals surface area (Å²) in [5.74, 6) is 0.0722. The molecular weight excluding hydrogens is 267 g/mol. The molecule has 0 aliphatic heterocycles. The highest BCUT2D eigenvalue weighted by Gasteiger charge is 2.30. The number of ketones is 1. The van der Waals surface area contributed by atoms with Crippen molar-refractivity contribution in [2.24, 2.45) is 0 Å². The maximum Gasteiger partial charge on any atom is 0.401 e. The van der Waals surface area contributed by atoms with E-state index in [1.807, 2.05) is 26.0 Å². The van der Waals surface area contributed by atoms with E-state index in [1.165, 1.54) is 0 Å². The monoisotopic (exact) mass is 287 g/mol. The van der Waals surface area contributed by atoms with Crippen LogP contribution in [0.3, 0.4) is 0 Å². The van der Waals surface area contributed by atoms with Crippen LogP contribution in [0.2, 0.25) is 0 Å². The van der Waals surface area contributed by atoms with Crippen molar-refractivity contribution in [3.05, 3.63) is 35.4 Å². The lowest BCUT2D eigenvalue weighted by Crippen LogP contribution is -2.37. The quantitative estimate of drug-likeness (QED) is 0.740. The average molecular weight is 287 g/mol. The van der Waals surface area contributed by atoms with Crippen LogP contribution < -0.4 is 0 Å². The number of Topliss-reactive ketones (excluding diaryl/α,β-unsaturated/α-hetero) is 1. The van der Waals surface area contributed by atoms with Crippen LogP contribution in [0, 0.1) is 0 Å². The standard InChI is InChI=1S/C15H20F3NO/c1-4-19(10-15(16,17)18)9-14(20)13-7-5-12(6-8-13)11(2)3/h5-8,11H,4,9-10H2,1-3H3. The maximum atomic E-state index is 12.3. The van der Waals surface area contributed by atoms with E-state index < -0.39 is 12.7 Å². The van der Waals surface area contributed by atoms with Gasteiger partial charge in [-0.25, -0.2) is 0 Å². The summed E-state index contributed by atoms with van der Waals surface area (Å²) in [6, 6.07) is 7.05. The molecule has 0 fully saturated rings. The molecule has 0 aliphatic rings. The summed E-state index contributed by atoms with van der Waals surface area (Å²) in [4.78, 5) is 13.1. The number of rotatable bonds is 6. The fourth-order valence-corrected chi connectivity index (χ4v) is 1.88. The highest BCUT2D eigenvalue weighted by Crippen LogP contribution is 2.18. The molecule has 5 heteroatoms. The summed E-state index contributed by atoms with van der Waals surface area (Å²) in [6.45, 7) is 4.62. The summed E-state index contributed by atoms with van der Waals surface area (Å²) in [5, 5.41) is 0. The smallest absolute Gasteiger partial charge is 0.293 e. The summed E-state index contributed by atoms with van der Waals surface area (Å²) in [5.41, 5.74) is 1.55. The molecule has 0 heterocycles. The Morgan fingerprint density at radius 1 is 1.20 bits per heavy atom. The fraction of sp³-hybridized carbons (Fsp3) is 0.533. The van der Waals surface area contributed by atoms with Crippen LogP contribution in [0.25, 0.3) is 0 Å². The van der Waals surface area contributed by atoms with Crippen LogP contribution in [-0.2, 0) is 0 Å². The zero-order valence-electron chi connectivity index (χ0n) is 12.0. The zero-order chi connectivity index (χ0) is 15.3. The minimum Gasteiger partial charge on any atom is -0.293 e. The zero-order valence-corrected chi connectivity index (χ0v) is 12.0. The number of alkyl halides is 3. The highest BCUT2D eigenvalue weighted by atomic mass is 19.4. The van der Waals surface area contributed by atoms with Crippen molar-refractivity contribution in [2.75, 3.05) is 19.6 Å². The first kappa shape index (κ1) is 16.7. The Kier molecular flexibility index (Phi) is 5.74. The number of hydrogen-bond donors (Lipinski definition) is 0. The third-order valence-electron chi connectivity index (χ3n) is 3.12. The molecule has 0 saturated heterocycles. The number of hydrogen-bond acceptors (Lipinski definition) is 2. The number of carbonyl (C=O) groups excluding carboxylic acids is 1. The minimum absolute atomic E-state index is 0.190.